The van der Waals surface area contributed by atoms with Gasteiger partial charge in [-0.25, -0.2) is 4.79 Å². The van der Waals surface area contributed by atoms with E-state index in [0.29, 0.717) is 17.5 Å². The number of anilines is 1. The minimum Gasteiger partial charge on any atom is -0.478 e. The summed E-state index contributed by atoms with van der Waals surface area (Å²) >= 11 is 2.47. The zero-order valence-electron chi connectivity index (χ0n) is 23.0. The molecule has 1 atom stereocenters. The highest BCUT2D eigenvalue weighted by atomic mass is 127. The topological polar surface area (TPSA) is 57.9 Å². The Balaban J connectivity index is 1.47. The molecule has 2 fully saturated rings. The quantitative estimate of drug-likeness (QED) is 0.224. The van der Waals surface area contributed by atoms with Gasteiger partial charge in [0, 0.05) is 65.3 Å². The zero-order chi connectivity index (χ0) is 26.9. The molecule has 0 amide bonds. The lowest BCUT2D eigenvalue weighted by molar-refractivity contribution is -0.00713. The molecule has 39 heavy (non-hydrogen) atoms. The summed E-state index contributed by atoms with van der Waals surface area (Å²) in [6, 6.07) is 13.4. The highest BCUT2D eigenvalue weighted by Crippen LogP contribution is 2.47. The molecule has 1 aliphatic carbocycles. The van der Waals surface area contributed by atoms with E-state index in [1.807, 2.05) is 6.07 Å². The number of alkyl halides is 1. The van der Waals surface area contributed by atoms with Gasteiger partial charge in [0.2, 0.25) is 0 Å². The number of carboxylic acid groups (broad SMARTS) is 1. The van der Waals surface area contributed by atoms with Gasteiger partial charge in [-0.05, 0) is 54.5 Å². The molecular formula is C32H40IN3O3. The first kappa shape index (κ1) is 27.1. The van der Waals surface area contributed by atoms with Crippen molar-refractivity contribution in [2.24, 2.45) is 0 Å². The Bertz CT molecular complexity index is 1350. The van der Waals surface area contributed by atoms with E-state index in [0.717, 1.165) is 62.3 Å². The summed E-state index contributed by atoms with van der Waals surface area (Å²) in [7, 11) is 0. The van der Waals surface area contributed by atoms with Crippen molar-refractivity contribution in [3.8, 4) is 11.3 Å². The van der Waals surface area contributed by atoms with Crippen LogP contribution in [-0.2, 0) is 15.7 Å². The fraction of sp³-hybridized carbons (Fsp3) is 0.531. The van der Waals surface area contributed by atoms with Crippen molar-refractivity contribution in [1.82, 2.24) is 9.47 Å². The molecule has 0 spiro atoms. The summed E-state index contributed by atoms with van der Waals surface area (Å²) in [5.41, 5.74) is 8.23. The number of carboxylic acids is 1. The number of carbonyl (C=O) groups is 1. The molecule has 1 N–H and O–H groups in total. The molecule has 2 aromatic carbocycles. The molecule has 3 aliphatic rings. The summed E-state index contributed by atoms with van der Waals surface area (Å²) in [5.74, 6) is -0.333. The van der Waals surface area contributed by atoms with E-state index < -0.39 is 5.97 Å². The summed E-state index contributed by atoms with van der Waals surface area (Å²) in [6.45, 7) is 8.70. The first-order valence-corrected chi connectivity index (χ1v) is 16.3. The fourth-order valence-corrected chi connectivity index (χ4v) is 7.62. The van der Waals surface area contributed by atoms with Gasteiger partial charge in [-0.15, -0.1) is 0 Å². The number of hydrogen-bond donors (Lipinski definition) is 1. The van der Waals surface area contributed by atoms with Crippen LogP contribution in [0.3, 0.4) is 0 Å². The number of fused-ring (bicyclic) bond motifs is 5. The van der Waals surface area contributed by atoms with Crippen molar-refractivity contribution in [2.45, 2.75) is 68.4 Å². The Morgan fingerprint density at radius 3 is 2.67 bits per heavy atom. The molecular weight excluding hydrogens is 601 g/mol. The van der Waals surface area contributed by atoms with E-state index in [1.165, 1.54) is 65.6 Å². The van der Waals surface area contributed by atoms with Gasteiger partial charge in [0.25, 0.3) is 0 Å². The number of ether oxygens (including phenoxy) is 1. The molecule has 3 heterocycles. The standard InChI is InChI=1S/C32H40IN3O3/c1-2-25-21-39-17-16-34(25)12-13-35-14-15-36-29-19-24(32(37)38)9-11-26(29)30(23-6-4-3-5-7-23)31(36)27-10-8-22(20-33)18-28(27)35/h8-11,18-19,23,25H,2-7,12-17,20-21H2,1H3,(H,37,38). The first-order chi connectivity index (χ1) is 19.1. The van der Waals surface area contributed by atoms with Crippen LogP contribution >= 0.6 is 22.6 Å². The molecule has 1 unspecified atom stereocenters. The average Bonchev–Trinajstić information content (AvgIpc) is 3.21. The first-order valence-electron chi connectivity index (χ1n) is 14.7. The number of aromatic nitrogens is 1. The lowest BCUT2D eigenvalue weighted by Crippen LogP contribution is -2.48. The molecule has 2 aliphatic heterocycles. The van der Waals surface area contributed by atoms with Gasteiger partial charge in [0.15, 0.2) is 0 Å². The third-order valence-electron chi connectivity index (χ3n) is 9.25. The Kier molecular flexibility index (Phi) is 8.19. The van der Waals surface area contributed by atoms with Crippen LogP contribution in [-0.4, -0.2) is 66.0 Å². The van der Waals surface area contributed by atoms with Crippen LogP contribution in [0.5, 0.6) is 0 Å². The SMILES string of the molecule is CCC1COCCN1CCN1CCn2c(c(C3CCCCC3)c3ccc(C(=O)O)cc32)-c2ccc(CI)cc21. The summed E-state index contributed by atoms with van der Waals surface area (Å²) in [6.07, 6.45) is 7.41. The number of aromatic carboxylic acids is 1. The van der Waals surface area contributed by atoms with Gasteiger partial charge in [0.1, 0.15) is 0 Å². The molecule has 0 bridgehead atoms. The van der Waals surface area contributed by atoms with Crippen molar-refractivity contribution < 1.29 is 14.6 Å². The number of hydrogen-bond acceptors (Lipinski definition) is 4. The van der Waals surface area contributed by atoms with Gasteiger partial charge in [-0.1, -0.05) is 67.0 Å². The van der Waals surface area contributed by atoms with E-state index in [4.69, 9.17) is 4.74 Å². The fourth-order valence-electron chi connectivity index (χ4n) is 7.14. The van der Waals surface area contributed by atoms with E-state index in [-0.39, 0.29) is 0 Å². The summed E-state index contributed by atoms with van der Waals surface area (Å²) in [5, 5.41) is 11.1. The molecule has 1 aromatic heterocycles. The van der Waals surface area contributed by atoms with Crippen LogP contribution < -0.4 is 4.90 Å². The van der Waals surface area contributed by atoms with Gasteiger partial charge < -0.3 is 19.3 Å². The van der Waals surface area contributed by atoms with Crippen LogP contribution in [0.1, 0.15) is 72.9 Å². The van der Waals surface area contributed by atoms with Crippen LogP contribution in [0.4, 0.5) is 5.69 Å². The second-order valence-electron chi connectivity index (χ2n) is 11.4. The monoisotopic (exact) mass is 641 g/mol. The minimum absolute atomic E-state index is 0.373. The van der Waals surface area contributed by atoms with Crippen molar-refractivity contribution in [3.63, 3.8) is 0 Å². The lowest BCUT2D eigenvalue weighted by Gasteiger charge is -2.37. The highest BCUT2D eigenvalue weighted by Gasteiger charge is 2.31. The van der Waals surface area contributed by atoms with Crippen LogP contribution in [0.15, 0.2) is 36.4 Å². The van der Waals surface area contributed by atoms with E-state index >= 15 is 0 Å². The molecule has 0 radical (unpaired) electrons. The summed E-state index contributed by atoms with van der Waals surface area (Å²) in [4.78, 5) is 17.2. The zero-order valence-corrected chi connectivity index (χ0v) is 25.2. The molecule has 6 nitrogen and oxygen atoms in total. The second-order valence-corrected chi connectivity index (χ2v) is 12.2. The van der Waals surface area contributed by atoms with Crippen LogP contribution in [0.2, 0.25) is 0 Å². The maximum absolute atomic E-state index is 12.0. The lowest BCUT2D eigenvalue weighted by atomic mass is 9.81. The Morgan fingerprint density at radius 1 is 1.05 bits per heavy atom. The van der Waals surface area contributed by atoms with Crippen LogP contribution in [0, 0.1) is 0 Å². The highest BCUT2D eigenvalue weighted by molar-refractivity contribution is 14.1. The maximum atomic E-state index is 12.0. The Hall–Kier alpha value is -2.10. The Morgan fingerprint density at radius 2 is 1.90 bits per heavy atom. The third-order valence-corrected chi connectivity index (χ3v) is 10.1. The largest absolute Gasteiger partial charge is 0.478 e. The Labute approximate surface area is 245 Å². The predicted molar refractivity (Wildman–Crippen MR) is 167 cm³/mol. The molecule has 7 heteroatoms. The third kappa shape index (κ3) is 5.22. The van der Waals surface area contributed by atoms with Gasteiger partial charge in [-0.2, -0.15) is 0 Å². The summed E-state index contributed by atoms with van der Waals surface area (Å²) < 4.78 is 9.21. The average molecular weight is 642 g/mol. The van der Waals surface area contributed by atoms with E-state index in [1.54, 1.807) is 6.07 Å². The van der Waals surface area contributed by atoms with E-state index in [9.17, 15) is 9.90 Å². The number of nitrogens with zero attached hydrogens (tertiary/aromatic N) is 3. The molecule has 1 saturated heterocycles. The normalized spacial score (nSPS) is 20.6. The van der Waals surface area contributed by atoms with Gasteiger partial charge in [0.05, 0.1) is 24.5 Å². The molecule has 3 aromatic rings. The van der Waals surface area contributed by atoms with Crippen molar-refractivity contribution in [1.29, 1.82) is 0 Å². The molecule has 1 saturated carbocycles. The second kappa shape index (κ2) is 11.8. The molecule has 6 rings (SSSR count). The van der Waals surface area contributed by atoms with Crippen LogP contribution in [0.25, 0.3) is 22.2 Å². The number of halogens is 1. The van der Waals surface area contributed by atoms with Crippen molar-refractivity contribution >= 4 is 45.2 Å². The molecule has 208 valence electrons. The van der Waals surface area contributed by atoms with Crippen molar-refractivity contribution in [3.05, 3.63) is 53.1 Å². The number of morpholine rings is 1. The number of rotatable bonds is 7. The van der Waals surface area contributed by atoms with Crippen molar-refractivity contribution in [2.75, 3.05) is 44.3 Å². The smallest absolute Gasteiger partial charge is 0.335 e. The van der Waals surface area contributed by atoms with Gasteiger partial charge in [-0.3, -0.25) is 4.90 Å². The predicted octanol–water partition coefficient (Wildman–Crippen LogP) is 6.92. The minimum atomic E-state index is -0.856. The maximum Gasteiger partial charge on any atom is 0.335 e. The van der Waals surface area contributed by atoms with E-state index in [2.05, 4.69) is 68.1 Å². The van der Waals surface area contributed by atoms with Gasteiger partial charge >= 0.3 is 5.97 Å². The number of benzene rings is 2.